The number of hydrogen-bond acceptors (Lipinski definition) is 0. The summed E-state index contributed by atoms with van der Waals surface area (Å²) in [5, 5.41) is -0.0741. The first-order chi connectivity index (χ1) is 9.45. The van der Waals surface area contributed by atoms with Crippen LogP contribution in [0, 0.1) is 6.92 Å². The van der Waals surface area contributed by atoms with Crippen LogP contribution in [0.15, 0.2) is 48.5 Å². The molecule has 2 rings (SSSR count). The number of halogens is 1. The van der Waals surface area contributed by atoms with E-state index in [0.717, 1.165) is 12.0 Å². The SMILES string of the molecule is CCC(C)(C)c1ccc(C(Cl)c2ccccc2C)cc1. The van der Waals surface area contributed by atoms with Crippen LogP contribution >= 0.6 is 11.6 Å². The van der Waals surface area contributed by atoms with Gasteiger partial charge in [0.15, 0.2) is 0 Å². The molecule has 0 N–H and O–H groups in total. The minimum atomic E-state index is -0.0741. The Morgan fingerprint density at radius 1 is 1.00 bits per heavy atom. The zero-order chi connectivity index (χ0) is 14.8. The maximum absolute atomic E-state index is 6.64. The molecule has 0 aliphatic carbocycles. The molecule has 0 aliphatic rings. The summed E-state index contributed by atoms with van der Waals surface area (Å²) < 4.78 is 0. The van der Waals surface area contributed by atoms with E-state index in [2.05, 4.69) is 70.2 Å². The van der Waals surface area contributed by atoms with Gasteiger partial charge in [0.05, 0.1) is 5.38 Å². The standard InChI is InChI=1S/C19H23Cl/c1-5-19(3,4)16-12-10-15(11-13-16)18(20)17-9-7-6-8-14(17)2/h6-13,18H,5H2,1-4H3. The highest BCUT2D eigenvalue weighted by atomic mass is 35.5. The van der Waals surface area contributed by atoms with Crippen molar-refractivity contribution in [3.8, 4) is 0 Å². The lowest BCUT2D eigenvalue weighted by atomic mass is 9.82. The number of alkyl halides is 1. The van der Waals surface area contributed by atoms with E-state index in [1.807, 2.05) is 6.07 Å². The second-order valence-electron chi connectivity index (χ2n) is 6.08. The molecule has 0 spiro atoms. The predicted octanol–water partition coefficient (Wildman–Crippen LogP) is 6.01. The molecule has 0 amide bonds. The molecule has 0 heterocycles. The average Bonchev–Trinajstić information content (AvgIpc) is 2.47. The molecule has 1 heteroatoms. The first-order valence-electron chi connectivity index (χ1n) is 7.25. The molecular formula is C19H23Cl. The van der Waals surface area contributed by atoms with E-state index in [1.165, 1.54) is 16.7 Å². The summed E-state index contributed by atoms with van der Waals surface area (Å²) in [5.74, 6) is 0. The molecule has 1 atom stereocenters. The van der Waals surface area contributed by atoms with Crippen LogP contribution < -0.4 is 0 Å². The summed E-state index contributed by atoms with van der Waals surface area (Å²) in [4.78, 5) is 0. The number of hydrogen-bond donors (Lipinski definition) is 0. The van der Waals surface area contributed by atoms with E-state index in [0.29, 0.717) is 0 Å². The number of aryl methyl sites for hydroxylation is 1. The highest BCUT2D eigenvalue weighted by Crippen LogP contribution is 2.33. The van der Waals surface area contributed by atoms with Gasteiger partial charge in [-0.05, 0) is 41.0 Å². The second kappa shape index (κ2) is 6.01. The third kappa shape index (κ3) is 3.07. The fourth-order valence-corrected chi connectivity index (χ4v) is 2.75. The van der Waals surface area contributed by atoms with Gasteiger partial charge in [-0.15, -0.1) is 11.6 Å². The van der Waals surface area contributed by atoms with Crippen molar-refractivity contribution in [2.45, 2.75) is 44.9 Å². The molecule has 0 saturated heterocycles. The molecule has 2 aromatic rings. The third-order valence-corrected chi connectivity index (χ3v) is 4.82. The van der Waals surface area contributed by atoms with E-state index < -0.39 is 0 Å². The van der Waals surface area contributed by atoms with Crippen molar-refractivity contribution in [2.75, 3.05) is 0 Å². The van der Waals surface area contributed by atoms with E-state index >= 15 is 0 Å². The highest BCUT2D eigenvalue weighted by molar-refractivity contribution is 6.22. The summed E-state index contributed by atoms with van der Waals surface area (Å²) in [7, 11) is 0. The lowest BCUT2D eigenvalue weighted by Crippen LogP contribution is -2.15. The summed E-state index contributed by atoms with van der Waals surface area (Å²) >= 11 is 6.64. The molecule has 0 aromatic heterocycles. The van der Waals surface area contributed by atoms with Crippen molar-refractivity contribution < 1.29 is 0 Å². The first-order valence-corrected chi connectivity index (χ1v) is 7.69. The van der Waals surface area contributed by atoms with Gasteiger partial charge in [-0.25, -0.2) is 0 Å². The Bertz CT molecular complexity index is 567. The van der Waals surface area contributed by atoms with Gasteiger partial charge in [-0.3, -0.25) is 0 Å². The Kier molecular flexibility index (Phi) is 4.55. The Morgan fingerprint density at radius 2 is 1.60 bits per heavy atom. The van der Waals surface area contributed by atoms with Gasteiger partial charge in [-0.1, -0.05) is 69.3 Å². The van der Waals surface area contributed by atoms with Crippen molar-refractivity contribution in [1.82, 2.24) is 0 Å². The fraction of sp³-hybridized carbons (Fsp3) is 0.368. The van der Waals surface area contributed by atoms with Crippen LogP contribution in [-0.2, 0) is 5.41 Å². The van der Waals surface area contributed by atoms with Crippen LogP contribution in [0.5, 0.6) is 0 Å². The van der Waals surface area contributed by atoms with Crippen LogP contribution in [-0.4, -0.2) is 0 Å². The molecule has 0 nitrogen and oxygen atoms in total. The Morgan fingerprint density at radius 3 is 2.15 bits per heavy atom. The number of rotatable bonds is 4. The minimum absolute atomic E-state index is 0.0741. The second-order valence-corrected chi connectivity index (χ2v) is 6.52. The minimum Gasteiger partial charge on any atom is -0.113 e. The molecule has 2 aromatic carbocycles. The van der Waals surface area contributed by atoms with Gasteiger partial charge in [0.25, 0.3) is 0 Å². The molecular weight excluding hydrogens is 264 g/mol. The quantitative estimate of drug-likeness (QED) is 0.604. The van der Waals surface area contributed by atoms with E-state index in [4.69, 9.17) is 11.6 Å². The maximum atomic E-state index is 6.64. The van der Waals surface area contributed by atoms with Crippen LogP contribution in [0.25, 0.3) is 0 Å². The van der Waals surface area contributed by atoms with Crippen LogP contribution in [0.4, 0.5) is 0 Å². The van der Waals surface area contributed by atoms with E-state index in [1.54, 1.807) is 0 Å². The smallest absolute Gasteiger partial charge is 0.0838 e. The van der Waals surface area contributed by atoms with Gasteiger partial charge < -0.3 is 0 Å². The molecule has 0 radical (unpaired) electrons. The molecule has 1 unspecified atom stereocenters. The van der Waals surface area contributed by atoms with Gasteiger partial charge in [0.2, 0.25) is 0 Å². The van der Waals surface area contributed by atoms with Gasteiger partial charge in [0, 0.05) is 0 Å². The molecule has 0 fully saturated rings. The summed E-state index contributed by atoms with van der Waals surface area (Å²) in [6.45, 7) is 8.90. The largest absolute Gasteiger partial charge is 0.113 e. The van der Waals surface area contributed by atoms with Crippen LogP contribution in [0.2, 0.25) is 0 Å². The van der Waals surface area contributed by atoms with Crippen molar-refractivity contribution >= 4 is 11.6 Å². The van der Waals surface area contributed by atoms with Crippen LogP contribution in [0.1, 0.15) is 54.8 Å². The van der Waals surface area contributed by atoms with Crippen molar-refractivity contribution in [3.63, 3.8) is 0 Å². The first kappa shape index (κ1) is 15.1. The summed E-state index contributed by atoms with van der Waals surface area (Å²) in [6, 6.07) is 17.1. The fourth-order valence-electron chi connectivity index (χ4n) is 2.36. The maximum Gasteiger partial charge on any atom is 0.0838 e. The topological polar surface area (TPSA) is 0 Å². The van der Waals surface area contributed by atoms with Gasteiger partial charge in [0.1, 0.15) is 0 Å². The molecule has 0 aliphatic heterocycles. The lowest BCUT2D eigenvalue weighted by Gasteiger charge is -2.24. The van der Waals surface area contributed by atoms with Crippen molar-refractivity contribution in [3.05, 3.63) is 70.8 Å². The van der Waals surface area contributed by atoms with Gasteiger partial charge >= 0.3 is 0 Å². The summed E-state index contributed by atoms with van der Waals surface area (Å²) in [5.41, 5.74) is 5.19. The molecule has 106 valence electrons. The third-order valence-electron chi connectivity index (χ3n) is 4.33. The van der Waals surface area contributed by atoms with E-state index in [9.17, 15) is 0 Å². The van der Waals surface area contributed by atoms with Gasteiger partial charge in [-0.2, -0.15) is 0 Å². The Balaban J connectivity index is 2.29. The Hall–Kier alpha value is -1.27. The Labute approximate surface area is 127 Å². The normalized spacial score (nSPS) is 13.2. The van der Waals surface area contributed by atoms with Crippen molar-refractivity contribution in [2.24, 2.45) is 0 Å². The monoisotopic (exact) mass is 286 g/mol. The average molecular weight is 287 g/mol. The summed E-state index contributed by atoms with van der Waals surface area (Å²) in [6.07, 6.45) is 1.13. The molecule has 0 saturated carbocycles. The van der Waals surface area contributed by atoms with E-state index in [-0.39, 0.29) is 10.8 Å². The van der Waals surface area contributed by atoms with Crippen LogP contribution in [0.3, 0.4) is 0 Å². The molecule has 20 heavy (non-hydrogen) atoms. The number of benzene rings is 2. The lowest BCUT2D eigenvalue weighted by molar-refractivity contribution is 0.506. The molecule has 0 bridgehead atoms. The highest BCUT2D eigenvalue weighted by Gasteiger charge is 2.19. The zero-order valence-corrected chi connectivity index (χ0v) is 13.5. The predicted molar refractivity (Wildman–Crippen MR) is 88.6 cm³/mol. The van der Waals surface area contributed by atoms with Crippen molar-refractivity contribution in [1.29, 1.82) is 0 Å². The zero-order valence-electron chi connectivity index (χ0n) is 12.8.